The quantitative estimate of drug-likeness (QED) is 0.500. The Morgan fingerprint density at radius 1 is 1.18 bits per heavy atom. The SMILES string of the molecule is COc1cc2[nH]c(=O)sc2cc1Nc1ncnc2sc(C3CCCCC3)nc12. The molecule has 1 aliphatic rings. The minimum Gasteiger partial charge on any atom is -0.494 e. The van der Waals surface area contributed by atoms with Gasteiger partial charge >= 0.3 is 4.87 Å². The summed E-state index contributed by atoms with van der Waals surface area (Å²) in [4.78, 5) is 29.0. The lowest BCUT2D eigenvalue weighted by Crippen LogP contribution is -2.03. The van der Waals surface area contributed by atoms with Gasteiger partial charge in [-0.05, 0) is 18.9 Å². The summed E-state index contributed by atoms with van der Waals surface area (Å²) in [5, 5.41) is 4.50. The van der Waals surface area contributed by atoms with Gasteiger partial charge in [0.1, 0.15) is 22.4 Å². The fourth-order valence-electron chi connectivity index (χ4n) is 3.76. The largest absolute Gasteiger partial charge is 0.494 e. The van der Waals surface area contributed by atoms with Crippen molar-refractivity contribution in [2.45, 2.75) is 38.0 Å². The van der Waals surface area contributed by atoms with Crippen molar-refractivity contribution >= 4 is 54.7 Å². The Bertz CT molecular complexity index is 1210. The molecule has 3 heterocycles. The number of methoxy groups -OCH3 is 1. The van der Waals surface area contributed by atoms with Gasteiger partial charge in [0.2, 0.25) is 0 Å². The number of rotatable bonds is 4. The van der Waals surface area contributed by atoms with Gasteiger partial charge in [0.25, 0.3) is 0 Å². The molecule has 0 saturated heterocycles. The molecule has 1 aliphatic carbocycles. The van der Waals surface area contributed by atoms with Crippen LogP contribution in [0, 0.1) is 0 Å². The van der Waals surface area contributed by atoms with Gasteiger partial charge in [-0.15, -0.1) is 0 Å². The zero-order valence-corrected chi connectivity index (χ0v) is 17.0. The predicted octanol–water partition coefficient (Wildman–Crippen LogP) is 4.79. The number of hydrogen-bond donors (Lipinski definition) is 2. The Balaban J connectivity index is 1.55. The maximum Gasteiger partial charge on any atom is 0.305 e. The Hall–Kier alpha value is -2.52. The molecule has 0 bridgehead atoms. The van der Waals surface area contributed by atoms with Gasteiger partial charge in [0, 0.05) is 12.0 Å². The summed E-state index contributed by atoms with van der Waals surface area (Å²) < 4.78 is 6.37. The van der Waals surface area contributed by atoms with Crippen LogP contribution in [0.15, 0.2) is 23.3 Å². The van der Waals surface area contributed by atoms with Crippen LogP contribution in [-0.4, -0.2) is 27.0 Å². The Morgan fingerprint density at radius 2 is 2.04 bits per heavy atom. The van der Waals surface area contributed by atoms with Crippen LogP contribution in [0.25, 0.3) is 20.6 Å². The number of H-pyrrole nitrogens is 1. The number of fused-ring (bicyclic) bond motifs is 2. The van der Waals surface area contributed by atoms with E-state index in [1.54, 1.807) is 24.8 Å². The highest BCUT2D eigenvalue weighted by Crippen LogP contribution is 2.39. The average molecular weight is 414 g/mol. The summed E-state index contributed by atoms with van der Waals surface area (Å²) in [5.41, 5.74) is 2.30. The molecule has 2 N–H and O–H groups in total. The molecule has 4 aromatic rings. The van der Waals surface area contributed by atoms with Crippen molar-refractivity contribution in [1.29, 1.82) is 0 Å². The number of ether oxygens (including phenoxy) is 1. The molecule has 0 atom stereocenters. The first kappa shape index (κ1) is 17.6. The van der Waals surface area contributed by atoms with E-state index < -0.39 is 0 Å². The third-order valence-electron chi connectivity index (χ3n) is 5.16. The van der Waals surface area contributed by atoms with Gasteiger partial charge in [-0.25, -0.2) is 15.0 Å². The molecule has 0 unspecified atom stereocenters. The molecule has 0 spiro atoms. The lowest BCUT2D eigenvalue weighted by atomic mass is 9.90. The highest BCUT2D eigenvalue weighted by atomic mass is 32.1. The predicted molar refractivity (Wildman–Crippen MR) is 113 cm³/mol. The van der Waals surface area contributed by atoms with Crippen LogP contribution in [0.3, 0.4) is 0 Å². The molecule has 144 valence electrons. The van der Waals surface area contributed by atoms with E-state index >= 15 is 0 Å². The number of thiazole rings is 2. The molecule has 0 aliphatic heterocycles. The highest BCUT2D eigenvalue weighted by molar-refractivity contribution is 7.18. The number of aromatic amines is 1. The first-order valence-corrected chi connectivity index (χ1v) is 10.9. The first-order chi connectivity index (χ1) is 13.7. The van der Waals surface area contributed by atoms with E-state index in [0.29, 0.717) is 17.5 Å². The van der Waals surface area contributed by atoms with Crippen molar-refractivity contribution in [3.05, 3.63) is 33.1 Å². The fraction of sp³-hybridized carbons (Fsp3) is 0.368. The van der Waals surface area contributed by atoms with Gasteiger partial charge in [0.15, 0.2) is 5.82 Å². The normalized spacial score (nSPS) is 15.3. The van der Waals surface area contributed by atoms with Crippen LogP contribution >= 0.6 is 22.7 Å². The number of anilines is 2. The van der Waals surface area contributed by atoms with Gasteiger partial charge in [0.05, 0.1) is 28.0 Å². The summed E-state index contributed by atoms with van der Waals surface area (Å²) in [5.74, 6) is 1.82. The third kappa shape index (κ3) is 3.14. The van der Waals surface area contributed by atoms with Crippen LogP contribution in [0.1, 0.15) is 43.0 Å². The van der Waals surface area contributed by atoms with E-state index in [1.165, 1.54) is 43.4 Å². The summed E-state index contributed by atoms with van der Waals surface area (Å²) >= 11 is 2.84. The zero-order valence-electron chi connectivity index (χ0n) is 15.3. The molecular formula is C19H19N5O2S2. The van der Waals surface area contributed by atoms with Crippen molar-refractivity contribution in [3.8, 4) is 5.75 Å². The van der Waals surface area contributed by atoms with Crippen LogP contribution in [-0.2, 0) is 0 Å². The molecule has 9 heteroatoms. The van der Waals surface area contributed by atoms with Crippen LogP contribution in [0.2, 0.25) is 0 Å². The van der Waals surface area contributed by atoms with Crippen molar-refractivity contribution < 1.29 is 4.74 Å². The van der Waals surface area contributed by atoms with Crippen molar-refractivity contribution in [2.75, 3.05) is 12.4 Å². The Labute approximate surface area is 168 Å². The molecule has 1 saturated carbocycles. The van der Waals surface area contributed by atoms with Gasteiger partial charge < -0.3 is 15.0 Å². The lowest BCUT2D eigenvalue weighted by molar-refractivity contribution is 0.417. The molecule has 7 nitrogen and oxygen atoms in total. The van der Waals surface area contributed by atoms with Crippen molar-refractivity contribution in [2.24, 2.45) is 0 Å². The summed E-state index contributed by atoms with van der Waals surface area (Å²) in [6, 6.07) is 3.72. The maximum atomic E-state index is 11.7. The second-order valence-corrected chi connectivity index (χ2v) is 8.98. The second kappa shape index (κ2) is 7.14. The van der Waals surface area contributed by atoms with E-state index in [0.717, 1.165) is 31.3 Å². The van der Waals surface area contributed by atoms with E-state index in [-0.39, 0.29) is 4.87 Å². The van der Waals surface area contributed by atoms with Crippen molar-refractivity contribution in [1.82, 2.24) is 19.9 Å². The molecule has 0 radical (unpaired) electrons. The molecule has 28 heavy (non-hydrogen) atoms. The van der Waals surface area contributed by atoms with Gasteiger partial charge in [-0.3, -0.25) is 4.79 Å². The average Bonchev–Trinajstić information content (AvgIpc) is 3.31. The summed E-state index contributed by atoms with van der Waals surface area (Å²) in [7, 11) is 1.61. The summed E-state index contributed by atoms with van der Waals surface area (Å²) in [6.07, 6.45) is 7.83. The van der Waals surface area contributed by atoms with E-state index in [4.69, 9.17) is 9.72 Å². The number of benzene rings is 1. The Kier molecular flexibility index (Phi) is 4.48. The van der Waals surface area contributed by atoms with E-state index in [9.17, 15) is 4.79 Å². The fourth-order valence-corrected chi connectivity index (χ4v) is 5.59. The molecule has 5 rings (SSSR count). The van der Waals surface area contributed by atoms with Crippen molar-refractivity contribution in [3.63, 3.8) is 0 Å². The van der Waals surface area contributed by atoms with Crippen LogP contribution < -0.4 is 14.9 Å². The standard InChI is InChI=1S/C19H19N5O2S2/c1-26-13-7-12-14(27-19(25)23-12)8-11(13)22-16-15-18(21-9-20-16)28-17(24-15)10-5-3-2-4-6-10/h7-10H,2-6H2,1H3,(H,23,25)(H,20,21,22). The maximum absolute atomic E-state index is 11.7. The minimum atomic E-state index is -0.0877. The number of nitrogens with zero attached hydrogens (tertiary/aromatic N) is 3. The molecular weight excluding hydrogens is 394 g/mol. The molecule has 3 aromatic heterocycles. The topological polar surface area (TPSA) is 92.8 Å². The van der Waals surface area contributed by atoms with Gasteiger partial charge in [-0.1, -0.05) is 41.9 Å². The number of aromatic nitrogens is 4. The van der Waals surface area contributed by atoms with Gasteiger partial charge in [-0.2, -0.15) is 0 Å². The second-order valence-electron chi connectivity index (χ2n) is 6.95. The van der Waals surface area contributed by atoms with E-state index in [1.807, 2.05) is 12.1 Å². The third-order valence-corrected chi connectivity index (χ3v) is 7.13. The number of nitrogens with one attached hydrogen (secondary N) is 2. The zero-order chi connectivity index (χ0) is 19.1. The van der Waals surface area contributed by atoms with E-state index in [2.05, 4.69) is 20.3 Å². The number of hydrogen-bond acceptors (Lipinski definition) is 8. The smallest absolute Gasteiger partial charge is 0.305 e. The first-order valence-electron chi connectivity index (χ1n) is 9.30. The Morgan fingerprint density at radius 3 is 2.86 bits per heavy atom. The molecule has 0 amide bonds. The van der Waals surface area contributed by atoms with Crippen LogP contribution in [0.4, 0.5) is 11.5 Å². The lowest BCUT2D eigenvalue weighted by Gasteiger charge is -2.18. The monoisotopic (exact) mass is 413 g/mol. The minimum absolute atomic E-state index is 0.0877. The molecule has 1 fully saturated rings. The summed E-state index contributed by atoms with van der Waals surface area (Å²) in [6.45, 7) is 0. The van der Waals surface area contributed by atoms with Crippen LogP contribution in [0.5, 0.6) is 5.75 Å². The highest BCUT2D eigenvalue weighted by Gasteiger charge is 2.21. The molecule has 1 aromatic carbocycles.